The van der Waals surface area contributed by atoms with Gasteiger partial charge in [0.05, 0.1) is 19.3 Å². The first-order chi connectivity index (χ1) is 10.7. The number of aliphatic hydroxyl groups excluding tert-OH is 1. The lowest BCUT2D eigenvalue weighted by atomic mass is 10.1. The topological polar surface area (TPSA) is 61.8 Å². The van der Waals surface area contributed by atoms with Crippen molar-refractivity contribution < 1.29 is 14.6 Å². The van der Waals surface area contributed by atoms with E-state index in [1.165, 1.54) is 5.56 Å². The fourth-order valence-corrected chi connectivity index (χ4v) is 2.57. The highest BCUT2D eigenvalue weighted by atomic mass is 16.5. The second-order valence-corrected chi connectivity index (χ2v) is 5.72. The van der Waals surface area contributed by atoms with Crippen LogP contribution in [0.25, 0.3) is 0 Å². The van der Waals surface area contributed by atoms with Crippen molar-refractivity contribution in [3.8, 4) is 0 Å². The minimum atomic E-state index is -0.554. The van der Waals surface area contributed by atoms with Gasteiger partial charge in [0, 0.05) is 31.7 Å². The van der Waals surface area contributed by atoms with E-state index in [1.54, 1.807) is 0 Å². The number of hydrogen-bond donors (Lipinski definition) is 2. The molecule has 0 saturated carbocycles. The van der Waals surface area contributed by atoms with Gasteiger partial charge in [-0.2, -0.15) is 0 Å². The lowest BCUT2D eigenvalue weighted by Gasteiger charge is -2.28. The minimum absolute atomic E-state index is 0.135. The molecule has 2 rings (SSSR count). The molecule has 1 aliphatic rings. The minimum Gasteiger partial charge on any atom is -0.390 e. The highest BCUT2D eigenvalue weighted by molar-refractivity contribution is 5.94. The Kier molecular flexibility index (Phi) is 6.83. The molecule has 1 aromatic rings. The van der Waals surface area contributed by atoms with Crippen LogP contribution in [0.5, 0.6) is 0 Å². The number of rotatable bonds is 7. The number of aryl methyl sites for hydroxylation is 1. The predicted octanol–water partition coefficient (Wildman–Crippen LogP) is 1.06. The van der Waals surface area contributed by atoms with E-state index in [0.29, 0.717) is 25.3 Å². The summed E-state index contributed by atoms with van der Waals surface area (Å²) in [5.41, 5.74) is 1.88. The molecule has 0 aromatic heterocycles. The van der Waals surface area contributed by atoms with E-state index in [0.717, 1.165) is 25.9 Å². The molecule has 122 valence electrons. The molecule has 5 heteroatoms. The van der Waals surface area contributed by atoms with E-state index in [-0.39, 0.29) is 12.5 Å². The smallest absolute Gasteiger partial charge is 0.251 e. The van der Waals surface area contributed by atoms with E-state index < -0.39 is 6.10 Å². The first-order valence-corrected chi connectivity index (χ1v) is 8.04. The molecular weight excluding hydrogens is 280 g/mol. The molecular formula is C17H26N2O3. The Morgan fingerprint density at radius 3 is 2.64 bits per heavy atom. The zero-order valence-corrected chi connectivity index (χ0v) is 13.3. The lowest BCUT2D eigenvalue weighted by molar-refractivity contribution is 0.0149. The van der Waals surface area contributed by atoms with Gasteiger partial charge in [-0.1, -0.05) is 25.5 Å². The van der Waals surface area contributed by atoms with E-state index in [2.05, 4.69) is 17.1 Å². The zero-order chi connectivity index (χ0) is 15.8. The summed E-state index contributed by atoms with van der Waals surface area (Å²) in [7, 11) is 0. The number of benzene rings is 1. The number of amides is 1. The third-order valence-corrected chi connectivity index (χ3v) is 3.83. The average Bonchev–Trinajstić information content (AvgIpc) is 2.54. The number of ether oxygens (including phenoxy) is 1. The number of nitrogens with zero attached hydrogens (tertiary/aromatic N) is 1. The predicted molar refractivity (Wildman–Crippen MR) is 86.0 cm³/mol. The standard InChI is InChI=1S/C17H26N2O3/c1-2-3-14-4-6-15(7-5-14)17(21)18-12-16(20)13-19-8-10-22-11-9-19/h4-7,16,20H,2-3,8-13H2,1H3,(H,18,21). The summed E-state index contributed by atoms with van der Waals surface area (Å²) in [5.74, 6) is -0.135. The number of carbonyl (C=O) groups excluding carboxylic acids is 1. The monoisotopic (exact) mass is 306 g/mol. The fraction of sp³-hybridized carbons (Fsp3) is 0.588. The van der Waals surface area contributed by atoms with Gasteiger partial charge in [0.2, 0.25) is 0 Å². The molecule has 22 heavy (non-hydrogen) atoms. The SMILES string of the molecule is CCCc1ccc(C(=O)NCC(O)CN2CCOCC2)cc1. The molecule has 0 radical (unpaired) electrons. The van der Waals surface area contributed by atoms with Crippen molar-refractivity contribution in [3.05, 3.63) is 35.4 Å². The first-order valence-electron chi connectivity index (χ1n) is 8.04. The van der Waals surface area contributed by atoms with Gasteiger partial charge in [-0.15, -0.1) is 0 Å². The summed E-state index contributed by atoms with van der Waals surface area (Å²) in [6, 6.07) is 7.66. The van der Waals surface area contributed by atoms with Gasteiger partial charge in [-0.05, 0) is 24.1 Å². The van der Waals surface area contributed by atoms with Crippen LogP contribution in [0.1, 0.15) is 29.3 Å². The Morgan fingerprint density at radius 1 is 1.32 bits per heavy atom. The van der Waals surface area contributed by atoms with Crippen LogP contribution in [0, 0.1) is 0 Å². The maximum Gasteiger partial charge on any atom is 0.251 e. The highest BCUT2D eigenvalue weighted by Crippen LogP contribution is 2.06. The summed E-state index contributed by atoms with van der Waals surface area (Å²) < 4.78 is 5.27. The van der Waals surface area contributed by atoms with Crippen molar-refractivity contribution in [3.63, 3.8) is 0 Å². The van der Waals surface area contributed by atoms with Crippen LogP contribution >= 0.6 is 0 Å². The Hall–Kier alpha value is -1.43. The van der Waals surface area contributed by atoms with Crippen molar-refractivity contribution in [2.45, 2.75) is 25.9 Å². The van der Waals surface area contributed by atoms with E-state index in [9.17, 15) is 9.90 Å². The number of β-amino-alcohol motifs (C(OH)–C–C–N with tert-alkyl or cyclic N) is 1. The van der Waals surface area contributed by atoms with E-state index in [1.807, 2.05) is 24.3 Å². The summed E-state index contributed by atoms with van der Waals surface area (Å²) >= 11 is 0. The molecule has 1 fully saturated rings. The molecule has 0 aliphatic carbocycles. The molecule has 1 amide bonds. The van der Waals surface area contributed by atoms with Gasteiger partial charge >= 0.3 is 0 Å². The Bertz CT molecular complexity index is 455. The van der Waals surface area contributed by atoms with Crippen LogP contribution in [-0.2, 0) is 11.2 Å². The molecule has 1 heterocycles. The Balaban J connectivity index is 1.74. The van der Waals surface area contributed by atoms with Gasteiger partial charge in [-0.25, -0.2) is 0 Å². The molecule has 0 spiro atoms. The molecule has 1 saturated heterocycles. The number of nitrogens with one attached hydrogen (secondary N) is 1. The first kappa shape index (κ1) is 16.9. The van der Waals surface area contributed by atoms with Crippen molar-refractivity contribution >= 4 is 5.91 Å². The van der Waals surface area contributed by atoms with Gasteiger partial charge in [-0.3, -0.25) is 9.69 Å². The van der Waals surface area contributed by atoms with Crippen LogP contribution < -0.4 is 5.32 Å². The molecule has 2 N–H and O–H groups in total. The van der Waals surface area contributed by atoms with Crippen LogP contribution in [0.15, 0.2) is 24.3 Å². The molecule has 1 unspecified atom stereocenters. The maximum absolute atomic E-state index is 12.1. The molecule has 1 aromatic carbocycles. The summed E-state index contributed by atoms with van der Waals surface area (Å²) in [6.07, 6.45) is 1.57. The average molecular weight is 306 g/mol. The van der Waals surface area contributed by atoms with Crippen molar-refractivity contribution in [1.29, 1.82) is 0 Å². The Morgan fingerprint density at radius 2 is 2.00 bits per heavy atom. The van der Waals surface area contributed by atoms with Crippen molar-refractivity contribution in [2.24, 2.45) is 0 Å². The quantitative estimate of drug-likeness (QED) is 0.791. The summed E-state index contributed by atoms with van der Waals surface area (Å²) in [6.45, 7) is 6.07. The number of carbonyl (C=O) groups is 1. The Labute approximate surface area is 132 Å². The third-order valence-electron chi connectivity index (χ3n) is 3.83. The third kappa shape index (κ3) is 5.40. The summed E-state index contributed by atoms with van der Waals surface area (Å²) in [4.78, 5) is 14.2. The second-order valence-electron chi connectivity index (χ2n) is 5.72. The second kappa shape index (κ2) is 8.88. The largest absolute Gasteiger partial charge is 0.390 e. The van der Waals surface area contributed by atoms with E-state index in [4.69, 9.17) is 4.74 Å². The van der Waals surface area contributed by atoms with Crippen LogP contribution in [0.3, 0.4) is 0 Å². The van der Waals surface area contributed by atoms with Crippen LogP contribution in [-0.4, -0.2) is 61.4 Å². The van der Waals surface area contributed by atoms with Crippen LogP contribution in [0.2, 0.25) is 0 Å². The van der Waals surface area contributed by atoms with E-state index >= 15 is 0 Å². The number of aliphatic hydroxyl groups is 1. The van der Waals surface area contributed by atoms with Gasteiger partial charge in [0.1, 0.15) is 0 Å². The maximum atomic E-state index is 12.1. The van der Waals surface area contributed by atoms with Gasteiger partial charge in [0.25, 0.3) is 5.91 Å². The lowest BCUT2D eigenvalue weighted by Crippen LogP contribution is -2.44. The molecule has 5 nitrogen and oxygen atoms in total. The van der Waals surface area contributed by atoms with Crippen LogP contribution in [0.4, 0.5) is 0 Å². The molecule has 1 atom stereocenters. The van der Waals surface area contributed by atoms with Gasteiger partial charge < -0.3 is 15.2 Å². The van der Waals surface area contributed by atoms with Crippen molar-refractivity contribution in [1.82, 2.24) is 10.2 Å². The fourth-order valence-electron chi connectivity index (χ4n) is 2.57. The highest BCUT2D eigenvalue weighted by Gasteiger charge is 2.15. The molecule has 0 bridgehead atoms. The van der Waals surface area contributed by atoms with Crippen molar-refractivity contribution in [2.75, 3.05) is 39.4 Å². The normalized spacial score (nSPS) is 17.2. The summed E-state index contributed by atoms with van der Waals surface area (Å²) in [5, 5.41) is 12.8. The zero-order valence-electron chi connectivity index (χ0n) is 13.3. The molecule has 1 aliphatic heterocycles. The number of hydrogen-bond acceptors (Lipinski definition) is 4. The van der Waals surface area contributed by atoms with Gasteiger partial charge in [0.15, 0.2) is 0 Å². The number of morpholine rings is 1.